The van der Waals surface area contributed by atoms with Gasteiger partial charge >= 0.3 is 11.9 Å². The number of para-hydroxylation sites is 1. The molecule has 0 saturated heterocycles. The molecule has 57 heavy (non-hydrogen) atoms. The molecular formula is C45H54N4O8. The monoisotopic (exact) mass is 778 g/mol. The Bertz CT molecular complexity index is 1950. The first-order valence-electron chi connectivity index (χ1n) is 19.0. The molecule has 1 aliphatic carbocycles. The van der Waals surface area contributed by atoms with Gasteiger partial charge in [-0.15, -0.1) is 0 Å². The number of nitrogens with zero attached hydrogens (tertiary/aromatic N) is 1. The number of fused-ring (bicyclic) bond motifs is 1. The molecule has 9 N–H and O–H groups in total. The standard InChI is InChI=1S/C33H34N4.2C6H10O4/c1-37(2)27-14-12-24(13-15-27)32(25-18-20-33(22-34,23-35)21-19-25)30-16-17-31(29-11-7-6-10-28(29)30)36-26-8-4-3-5-9-26;2*7-5(8)3-1-2-4-6(9)10/h3-21,36H,22-23,34-35H2,1-2H3;2*1-4H2,(H,7,8)(H,9,10). The third kappa shape index (κ3) is 14.7. The quantitative estimate of drug-likeness (QED) is 0.0975. The summed E-state index contributed by atoms with van der Waals surface area (Å²) in [5.74, 6) is -4.02. The normalized spacial score (nSPS) is 12.4. The number of rotatable bonds is 17. The molecule has 0 fully saturated rings. The van der Waals surface area contributed by atoms with E-state index in [4.69, 9.17) is 10.2 Å². The number of quaternary nitrogens is 2. The predicted molar refractivity (Wildman–Crippen MR) is 219 cm³/mol. The van der Waals surface area contributed by atoms with Gasteiger partial charge in [0.05, 0.1) is 13.1 Å². The van der Waals surface area contributed by atoms with Crippen molar-refractivity contribution >= 4 is 57.3 Å². The van der Waals surface area contributed by atoms with Crippen molar-refractivity contribution in [1.29, 1.82) is 0 Å². The van der Waals surface area contributed by atoms with Crippen LogP contribution in [0.5, 0.6) is 0 Å². The van der Waals surface area contributed by atoms with Gasteiger partial charge in [-0.2, -0.15) is 0 Å². The number of hydrogen-bond donors (Lipinski definition) is 5. The minimum atomic E-state index is -1.12. The van der Waals surface area contributed by atoms with E-state index < -0.39 is 23.9 Å². The maximum atomic E-state index is 9.88. The fraction of sp³-hybridized carbons (Fsp3) is 0.289. The Hall–Kier alpha value is -6.24. The van der Waals surface area contributed by atoms with Crippen LogP contribution < -0.4 is 31.9 Å². The molecule has 4 aromatic carbocycles. The second-order valence-corrected chi connectivity index (χ2v) is 13.8. The molecule has 0 amide bonds. The minimum Gasteiger partial charge on any atom is -0.550 e. The summed E-state index contributed by atoms with van der Waals surface area (Å²) in [4.78, 5) is 41.5. The van der Waals surface area contributed by atoms with Crippen LogP contribution in [0.15, 0.2) is 121 Å². The lowest BCUT2D eigenvalue weighted by Gasteiger charge is -2.24. The maximum absolute atomic E-state index is 9.88. The molecule has 12 nitrogen and oxygen atoms in total. The van der Waals surface area contributed by atoms with Gasteiger partial charge < -0.3 is 51.7 Å². The van der Waals surface area contributed by atoms with E-state index in [1.54, 1.807) is 0 Å². The van der Waals surface area contributed by atoms with Gasteiger partial charge in [-0.1, -0.05) is 85.0 Å². The lowest BCUT2D eigenvalue weighted by molar-refractivity contribution is -0.429. The first-order valence-corrected chi connectivity index (χ1v) is 19.0. The Kier molecular flexibility index (Phi) is 18.2. The van der Waals surface area contributed by atoms with Crippen molar-refractivity contribution in [2.75, 3.05) is 37.4 Å². The molecule has 4 aromatic rings. The van der Waals surface area contributed by atoms with Crippen LogP contribution in [0.2, 0.25) is 0 Å². The molecule has 0 unspecified atom stereocenters. The number of benzene rings is 4. The van der Waals surface area contributed by atoms with Crippen LogP contribution in [-0.2, 0) is 19.2 Å². The van der Waals surface area contributed by atoms with Crippen molar-refractivity contribution in [1.82, 2.24) is 0 Å². The molecule has 5 rings (SSSR count). The summed E-state index contributed by atoms with van der Waals surface area (Å²) in [6.07, 6.45) is 10.6. The van der Waals surface area contributed by atoms with Gasteiger partial charge in [-0.25, -0.2) is 0 Å². The molecular weight excluding hydrogens is 725 g/mol. The van der Waals surface area contributed by atoms with Crippen molar-refractivity contribution < 1.29 is 51.1 Å². The lowest BCUT2D eigenvalue weighted by atomic mass is 9.80. The molecule has 0 spiro atoms. The Morgan fingerprint density at radius 2 is 1.14 bits per heavy atom. The van der Waals surface area contributed by atoms with Crippen LogP contribution in [0, 0.1) is 5.41 Å². The molecule has 0 aliphatic heterocycles. The van der Waals surface area contributed by atoms with E-state index in [-0.39, 0.29) is 31.1 Å². The van der Waals surface area contributed by atoms with Crippen molar-refractivity contribution in [2.24, 2.45) is 5.41 Å². The van der Waals surface area contributed by atoms with Gasteiger partial charge in [0.25, 0.3) is 0 Å². The zero-order valence-corrected chi connectivity index (χ0v) is 32.7. The van der Waals surface area contributed by atoms with Gasteiger partial charge in [-0.3, -0.25) is 9.59 Å². The van der Waals surface area contributed by atoms with Crippen molar-refractivity contribution in [3.05, 3.63) is 132 Å². The van der Waals surface area contributed by atoms with E-state index in [1.165, 1.54) is 38.7 Å². The highest BCUT2D eigenvalue weighted by Gasteiger charge is 2.28. The zero-order valence-electron chi connectivity index (χ0n) is 32.7. The zero-order chi connectivity index (χ0) is 41.8. The summed E-state index contributed by atoms with van der Waals surface area (Å²) < 4.78 is 0. The highest BCUT2D eigenvalue weighted by molar-refractivity contribution is 6.05. The van der Waals surface area contributed by atoms with Crippen molar-refractivity contribution in [2.45, 2.75) is 51.4 Å². The molecule has 0 radical (unpaired) electrons. The number of carboxylic acids is 4. The molecule has 0 heterocycles. The fourth-order valence-electron chi connectivity index (χ4n) is 6.05. The number of aliphatic carboxylic acids is 4. The average Bonchev–Trinajstić information content (AvgIpc) is 3.20. The van der Waals surface area contributed by atoms with Gasteiger partial charge in [0.2, 0.25) is 0 Å². The summed E-state index contributed by atoms with van der Waals surface area (Å²) in [7, 11) is 4.15. The Balaban J connectivity index is 0.000000359. The van der Waals surface area contributed by atoms with E-state index in [1.807, 2.05) is 6.07 Å². The predicted octanol–water partition coefficient (Wildman–Crippen LogP) is 3.81. The second-order valence-electron chi connectivity index (χ2n) is 13.8. The summed E-state index contributed by atoms with van der Waals surface area (Å²) >= 11 is 0. The molecule has 0 atom stereocenters. The lowest BCUT2D eigenvalue weighted by Crippen LogP contribution is -2.66. The Labute approximate surface area is 333 Å². The summed E-state index contributed by atoms with van der Waals surface area (Å²) in [5.41, 5.74) is 16.5. The van der Waals surface area contributed by atoms with Crippen molar-refractivity contribution in [3.63, 3.8) is 0 Å². The first kappa shape index (κ1) is 45.2. The molecule has 0 aromatic heterocycles. The smallest absolute Gasteiger partial charge is 0.303 e. The number of allylic oxidation sites excluding steroid dienone is 3. The number of hydrogen-bond acceptors (Lipinski definition) is 8. The highest BCUT2D eigenvalue weighted by atomic mass is 16.4. The van der Waals surface area contributed by atoms with E-state index in [0.717, 1.165) is 24.5 Å². The van der Waals surface area contributed by atoms with Gasteiger partial charge in [0.15, 0.2) is 0 Å². The summed E-state index contributed by atoms with van der Waals surface area (Å²) in [6.45, 7) is 1.60. The largest absolute Gasteiger partial charge is 0.550 e. The minimum absolute atomic E-state index is 0.0350. The Morgan fingerprint density at radius 1 is 0.649 bits per heavy atom. The van der Waals surface area contributed by atoms with Crippen LogP contribution in [-0.4, -0.2) is 61.3 Å². The van der Waals surface area contributed by atoms with Crippen molar-refractivity contribution in [3.8, 4) is 0 Å². The third-order valence-corrected chi connectivity index (χ3v) is 9.37. The van der Waals surface area contributed by atoms with E-state index in [9.17, 15) is 29.4 Å². The second kappa shape index (κ2) is 23.0. The number of anilines is 3. The number of unbranched alkanes of at least 4 members (excludes halogenated alkanes) is 2. The molecule has 1 aliphatic rings. The first-order chi connectivity index (χ1) is 27.3. The topological polar surface area (TPSA) is 225 Å². The number of carbonyl (C=O) groups excluding carboxylic acids is 2. The molecule has 302 valence electrons. The van der Waals surface area contributed by atoms with E-state index >= 15 is 0 Å². The average molecular weight is 779 g/mol. The van der Waals surface area contributed by atoms with Gasteiger partial charge in [0.1, 0.15) is 5.41 Å². The SMILES string of the molecule is CN(C)c1ccc(C(=C2C=CC(C[NH3+])(C[NH3+])C=C2)c2ccc(Nc3ccccc3)c3ccccc23)cc1.O=C([O-])CCCCC(=O)O.O=C([O-])CCCCC(=O)O. The van der Waals surface area contributed by atoms with Crippen LogP contribution in [0.1, 0.15) is 62.5 Å². The van der Waals surface area contributed by atoms with Crippen LogP contribution >= 0.6 is 0 Å². The van der Waals surface area contributed by atoms with Crippen LogP contribution in [0.3, 0.4) is 0 Å². The van der Waals surface area contributed by atoms with Gasteiger partial charge in [0, 0.05) is 61.3 Å². The maximum Gasteiger partial charge on any atom is 0.303 e. The number of carboxylic acid groups (broad SMARTS) is 4. The van der Waals surface area contributed by atoms with Crippen LogP contribution in [0.25, 0.3) is 16.3 Å². The Morgan fingerprint density at radius 3 is 1.61 bits per heavy atom. The number of nitrogens with one attached hydrogen (secondary N) is 1. The summed E-state index contributed by atoms with van der Waals surface area (Å²) in [6, 6.07) is 32.3. The van der Waals surface area contributed by atoms with E-state index in [0.29, 0.717) is 25.7 Å². The fourth-order valence-corrected chi connectivity index (χ4v) is 6.05. The molecule has 12 heteroatoms. The van der Waals surface area contributed by atoms with Gasteiger partial charge in [-0.05, 0) is 96.5 Å². The molecule has 0 bridgehead atoms. The van der Waals surface area contributed by atoms with E-state index in [2.05, 4.69) is 145 Å². The van der Waals surface area contributed by atoms with Crippen LogP contribution in [0.4, 0.5) is 17.1 Å². The highest BCUT2D eigenvalue weighted by Crippen LogP contribution is 2.39. The summed E-state index contributed by atoms with van der Waals surface area (Å²) in [5, 5.41) is 41.8. The number of carbonyl (C=O) groups is 4. The molecule has 0 saturated carbocycles. The third-order valence-electron chi connectivity index (χ3n) is 9.37.